The fourth-order valence-electron chi connectivity index (χ4n) is 3.97. The predicted octanol–water partition coefficient (Wildman–Crippen LogP) is 7.14. The van der Waals surface area contributed by atoms with E-state index >= 15 is 0 Å². The first-order valence-corrected chi connectivity index (χ1v) is 9.72. The summed E-state index contributed by atoms with van der Waals surface area (Å²) in [5.74, 6) is 0. The number of para-hydroxylation sites is 2. The number of allylic oxidation sites excluding steroid dienone is 4. The molecule has 0 saturated heterocycles. The van der Waals surface area contributed by atoms with Crippen LogP contribution in [0.5, 0.6) is 0 Å². The van der Waals surface area contributed by atoms with Gasteiger partial charge >= 0.3 is 0 Å². The van der Waals surface area contributed by atoms with Crippen molar-refractivity contribution >= 4 is 43.3 Å². The Bertz CT molecular complexity index is 1110. The van der Waals surface area contributed by atoms with E-state index in [9.17, 15) is 0 Å². The molecular weight excluding hydrogens is 382 g/mol. The summed E-state index contributed by atoms with van der Waals surface area (Å²) in [7, 11) is 0. The van der Waals surface area contributed by atoms with Crippen LogP contribution in [0.25, 0.3) is 27.4 Å². The molecule has 26 heavy (non-hydrogen) atoms. The first-order valence-electron chi connectivity index (χ1n) is 8.93. The molecular formula is C24H18BrN. The SMILES string of the molecule is Brc1ccc(C2=CCC(n3c4ccccc4c4ccccc43)C=C2)cc1. The summed E-state index contributed by atoms with van der Waals surface area (Å²) in [6, 6.07) is 26.3. The highest BCUT2D eigenvalue weighted by atomic mass is 79.9. The maximum Gasteiger partial charge on any atom is 0.0560 e. The van der Waals surface area contributed by atoms with Gasteiger partial charge in [0.25, 0.3) is 0 Å². The Balaban J connectivity index is 1.58. The number of hydrogen-bond donors (Lipinski definition) is 0. The normalized spacial score (nSPS) is 17.0. The Kier molecular flexibility index (Phi) is 3.79. The third-order valence-electron chi connectivity index (χ3n) is 5.20. The number of nitrogens with zero attached hydrogens (tertiary/aromatic N) is 1. The molecule has 0 aliphatic heterocycles. The smallest absolute Gasteiger partial charge is 0.0560 e. The zero-order valence-electron chi connectivity index (χ0n) is 14.3. The monoisotopic (exact) mass is 399 g/mol. The Labute approximate surface area is 161 Å². The summed E-state index contributed by atoms with van der Waals surface area (Å²) >= 11 is 3.51. The van der Waals surface area contributed by atoms with Crippen LogP contribution in [0.15, 0.2) is 95.5 Å². The Morgan fingerprint density at radius 1 is 0.769 bits per heavy atom. The highest BCUT2D eigenvalue weighted by molar-refractivity contribution is 9.10. The Morgan fingerprint density at radius 3 is 1.96 bits per heavy atom. The summed E-state index contributed by atoms with van der Waals surface area (Å²) in [4.78, 5) is 0. The molecule has 0 spiro atoms. The van der Waals surface area contributed by atoms with Crippen LogP contribution in [0.3, 0.4) is 0 Å². The molecule has 1 unspecified atom stereocenters. The maximum atomic E-state index is 3.51. The van der Waals surface area contributed by atoms with Gasteiger partial charge in [0.1, 0.15) is 0 Å². The van der Waals surface area contributed by atoms with Crippen LogP contribution in [0.1, 0.15) is 18.0 Å². The van der Waals surface area contributed by atoms with Crippen molar-refractivity contribution in [2.24, 2.45) is 0 Å². The third kappa shape index (κ3) is 2.53. The van der Waals surface area contributed by atoms with Crippen molar-refractivity contribution in [1.82, 2.24) is 4.57 Å². The number of fused-ring (bicyclic) bond motifs is 3. The third-order valence-corrected chi connectivity index (χ3v) is 5.73. The largest absolute Gasteiger partial charge is 0.333 e. The van der Waals surface area contributed by atoms with Gasteiger partial charge in [-0.05, 0) is 41.8 Å². The lowest BCUT2D eigenvalue weighted by Gasteiger charge is -2.20. The molecule has 1 aliphatic rings. The summed E-state index contributed by atoms with van der Waals surface area (Å²) < 4.78 is 3.60. The number of aromatic nitrogens is 1. The zero-order valence-corrected chi connectivity index (χ0v) is 15.9. The van der Waals surface area contributed by atoms with Crippen molar-refractivity contribution in [3.05, 3.63) is 101 Å². The summed E-state index contributed by atoms with van der Waals surface area (Å²) in [5.41, 5.74) is 5.19. The Morgan fingerprint density at radius 2 is 1.38 bits per heavy atom. The molecule has 0 bridgehead atoms. The molecule has 1 nitrogen and oxygen atoms in total. The fourth-order valence-corrected chi connectivity index (χ4v) is 4.23. The average molecular weight is 400 g/mol. The second-order valence-corrected chi connectivity index (χ2v) is 7.65. The fraction of sp³-hybridized carbons (Fsp3) is 0.0833. The minimum Gasteiger partial charge on any atom is -0.333 e. The molecule has 5 rings (SSSR count). The summed E-state index contributed by atoms with van der Waals surface area (Å²) in [6.45, 7) is 0. The van der Waals surface area contributed by atoms with Crippen LogP contribution >= 0.6 is 15.9 Å². The summed E-state index contributed by atoms with van der Waals surface area (Å²) in [5, 5.41) is 2.67. The first kappa shape index (κ1) is 15.7. The molecule has 1 atom stereocenters. The van der Waals surface area contributed by atoms with Crippen LogP contribution in [0.2, 0.25) is 0 Å². The van der Waals surface area contributed by atoms with Gasteiger partial charge in [0.2, 0.25) is 0 Å². The van der Waals surface area contributed by atoms with Gasteiger partial charge < -0.3 is 4.57 Å². The van der Waals surface area contributed by atoms with E-state index in [1.54, 1.807) is 0 Å². The van der Waals surface area contributed by atoms with E-state index in [1.807, 2.05) is 0 Å². The van der Waals surface area contributed by atoms with E-state index in [0.717, 1.165) is 10.9 Å². The van der Waals surface area contributed by atoms with E-state index in [-0.39, 0.29) is 0 Å². The second-order valence-electron chi connectivity index (χ2n) is 6.73. The quantitative estimate of drug-likeness (QED) is 0.337. The van der Waals surface area contributed by atoms with Gasteiger partial charge in [0.15, 0.2) is 0 Å². The van der Waals surface area contributed by atoms with Crippen molar-refractivity contribution in [3.8, 4) is 0 Å². The Hall–Kier alpha value is -2.58. The van der Waals surface area contributed by atoms with Crippen molar-refractivity contribution in [1.29, 1.82) is 0 Å². The van der Waals surface area contributed by atoms with Gasteiger partial charge in [-0.1, -0.05) is 82.7 Å². The predicted molar refractivity (Wildman–Crippen MR) is 114 cm³/mol. The van der Waals surface area contributed by atoms with Gasteiger partial charge in [0, 0.05) is 26.3 Å². The number of hydrogen-bond acceptors (Lipinski definition) is 0. The van der Waals surface area contributed by atoms with Gasteiger partial charge in [0.05, 0.1) is 6.04 Å². The molecule has 0 N–H and O–H groups in total. The minimum absolute atomic E-state index is 0.346. The van der Waals surface area contributed by atoms with Gasteiger partial charge in [-0.3, -0.25) is 0 Å². The average Bonchev–Trinajstić information content (AvgIpc) is 3.03. The molecule has 0 radical (unpaired) electrons. The lowest BCUT2D eigenvalue weighted by Crippen LogP contribution is -2.07. The molecule has 3 aromatic carbocycles. The number of rotatable bonds is 2. The molecule has 0 fully saturated rings. The lowest BCUT2D eigenvalue weighted by molar-refractivity contribution is 0.649. The molecule has 1 heterocycles. The van der Waals surface area contributed by atoms with E-state index in [4.69, 9.17) is 0 Å². The van der Waals surface area contributed by atoms with Crippen molar-refractivity contribution in [3.63, 3.8) is 0 Å². The van der Waals surface area contributed by atoms with E-state index in [2.05, 4.69) is 112 Å². The molecule has 126 valence electrons. The first-order chi connectivity index (χ1) is 12.8. The topological polar surface area (TPSA) is 4.93 Å². The highest BCUT2D eigenvalue weighted by Crippen LogP contribution is 2.36. The molecule has 2 heteroatoms. The standard InChI is InChI=1S/C24H18BrN/c25-19-13-9-17(10-14-19)18-11-15-20(16-12-18)26-23-7-3-1-5-21(23)22-6-2-4-8-24(22)26/h1-15,20H,16H2. The van der Waals surface area contributed by atoms with Crippen LogP contribution in [0, 0.1) is 0 Å². The molecule has 0 saturated carbocycles. The van der Waals surface area contributed by atoms with E-state index in [0.29, 0.717) is 6.04 Å². The van der Waals surface area contributed by atoms with E-state index in [1.165, 1.54) is 32.9 Å². The molecule has 4 aromatic rings. The van der Waals surface area contributed by atoms with Gasteiger partial charge in [-0.25, -0.2) is 0 Å². The molecule has 1 aromatic heterocycles. The lowest BCUT2D eigenvalue weighted by atomic mass is 9.97. The van der Waals surface area contributed by atoms with Crippen LogP contribution in [-0.4, -0.2) is 4.57 Å². The number of benzene rings is 3. The van der Waals surface area contributed by atoms with Crippen LogP contribution in [-0.2, 0) is 0 Å². The molecule has 1 aliphatic carbocycles. The highest BCUT2D eigenvalue weighted by Gasteiger charge is 2.17. The van der Waals surface area contributed by atoms with Crippen molar-refractivity contribution < 1.29 is 0 Å². The van der Waals surface area contributed by atoms with Crippen molar-refractivity contribution in [2.75, 3.05) is 0 Å². The van der Waals surface area contributed by atoms with Crippen LogP contribution in [0.4, 0.5) is 0 Å². The summed E-state index contributed by atoms with van der Waals surface area (Å²) in [6.07, 6.45) is 7.97. The molecule has 0 amide bonds. The van der Waals surface area contributed by atoms with Gasteiger partial charge in [-0.15, -0.1) is 0 Å². The van der Waals surface area contributed by atoms with Crippen LogP contribution < -0.4 is 0 Å². The second kappa shape index (κ2) is 6.30. The zero-order chi connectivity index (χ0) is 17.5. The van der Waals surface area contributed by atoms with Gasteiger partial charge in [-0.2, -0.15) is 0 Å². The van der Waals surface area contributed by atoms with E-state index < -0.39 is 0 Å². The number of halogens is 1. The van der Waals surface area contributed by atoms with Crippen molar-refractivity contribution in [2.45, 2.75) is 12.5 Å². The minimum atomic E-state index is 0.346. The maximum absolute atomic E-state index is 3.51.